The summed E-state index contributed by atoms with van der Waals surface area (Å²) in [6, 6.07) is 3.82. The Bertz CT molecular complexity index is 554. The van der Waals surface area contributed by atoms with Crippen LogP contribution in [0.15, 0.2) is 24.7 Å². The third-order valence-electron chi connectivity index (χ3n) is 3.70. The Morgan fingerprint density at radius 1 is 1.47 bits per heavy atom. The Morgan fingerprint density at radius 2 is 2.41 bits per heavy atom. The van der Waals surface area contributed by atoms with Crippen LogP contribution in [0, 0.1) is 5.92 Å². The van der Waals surface area contributed by atoms with Crippen molar-refractivity contribution in [2.75, 3.05) is 13.2 Å². The molecule has 0 unspecified atom stereocenters. The predicted octanol–water partition coefficient (Wildman–Crippen LogP) is 1.29. The van der Waals surface area contributed by atoms with Gasteiger partial charge in [0.1, 0.15) is 24.3 Å². The molecule has 88 valence electrons. The van der Waals surface area contributed by atoms with Crippen LogP contribution < -0.4 is 4.74 Å². The van der Waals surface area contributed by atoms with E-state index in [1.807, 2.05) is 18.3 Å². The molecule has 0 radical (unpaired) electrons. The quantitative estimate of drug-likeness (QED) is 0.798. The molecule has 1 saturated carbocycles. The van der Waals surface area contributed by atoms with Gasteiger partial charge in [0.15, 0.2) is 5.65 Å². The summed E-state index contributed by atoms with van der Waals surface area (Å²) in [5, 5.41) is 4.08. The van der Waals surface area contributed by atoms with Gasteiger partial charge in [0.2, 0.25) is 0 Å². The van der Waals surface area contributed by atoms with Crippen LogP contribution in [-0.2, 0) is 4.74 Å². The van der Waals surface area contributed by atoms with E-state index in [4.69, 9.17) is 9.47 Å². The van der Waals surface area contributed by atoms with Crippen molar-refractivity contribution >= 4 is 5.65 Å². The first-order valence-electron chi connectivity index (χ1n) is 5.89. The Labute approximate surface area is 98.4 Å². The first kappa shape index (κ1) is 9.41. The molecule has 1 aliphatic carbocycles. The highest BCUT2D eigenvalue weighted by Gasteiger charge is 2.52. The molecular weight excluding hydrogens is 218 g/mol. The summed E-state index contributed by atoms with van der Waals surface area (Å²) >= 11 is 0. The molecule has 5 heteroatoms. The molecule has 3 fully saturated rings. The van der Waals surface area contributed by atoms with Gasteiger partial charge in [-0.15, -0.1) is 0 Å². The minimum absolute atomic E-state index is 0.00197. The van der Waals surface area contributed by atoms with Crippen molar-refractivity contribution in [1.29, 1.82) is 0 Å². The van der Waals surface area contributed by atoms with E-state index in [-0.39, 0.29) is 5.60 Å². The molecule has 0 spiro atoms. The van der Waals surface area contributed by atoms with Crippen LogP contribution in [0.4, 0.5) is 0 Å². The number of pyridine rings is 1. The molecule has 2 bridgehead atoms. The van der Waals surface area contributed by atoms with E-state index in [1.54, 1.807) is 4.52 Å². The maximum Gasteiger partial charge on any atom is 0.155 e. The molecule has 0 N–H and O–H groups in total. The second kappa shape index (κ2) is 3.20. The Balaban J connectivity index is 1.51. The van der Waals surface area contributed by atoms with Crippen LogP contribution in [0.25, 0.3) is 5.65 Å². The van der Waals surface area contributed by atoms with Gasteiger partial charge in [0, 0.05) is 0 Å². The molecule has 2 aliphatic heterocycles. The lowest BCUT2D eigenvalue weighted by Gasteiger charge is -2.35. The van der Waals surface area contributed by atoms with Crippen LogP contribution in [0.3, 0.4) is 0 Å². The minimum Gasteiger partial charge on any atom is -0.489 e. The third kappa shape index (κ3) is 1.42. The van der Waals surface area contributed by atoms with Crippen molar-refractivity contribution in [2.24, 2.45) is 5.92 Å². The molecular formula is C12H13N3O2. The van der Waals surface area contributed by atoms with Crippen LogP contribution in [0.1, 0.15) is 12.8 Å². The van der Waals surface area contributed by atoms with E-state index < -0.39 is 0 Å². The average molecular weight is 231 g/mol. The molecule has 2 aromatic rings. The number of nitrogens with zero attached hydrogens (tertiary/aromatic N) is 3. The maximum absolute atomic E-state index is 5.79. The fourth-order valence-corrected chi connectivity index (χ4v) is 2.78. The number of hydrogen-bond donors (Lipinski definition) is 0. The lowest BCUT2D eigenvalue weighted by Crippen LogP contribution is -2.42. The predicted molar refractivity (Wildman–Crippen MR) is 59.9 cm³/mol. The van der Waals surface area contributed by atoms with Gasteiger partial charge in [-0.25, -0.2) is 9.50 Å². The summed E-state index contributed by atoms with van der Waals surface area (Å²) in [7, 11) is 0. The van der Waals surface area contributed by atoms with Gasteiger partial charge >= 0.3 is 0 Å². The number of aromatic nitrogens is 3. The van der Waals surface area contributed by atoms with E-state index in [0.29, 0.717) is 6.61 Å². The second-order valence-corrected chi connectivity index (χ2v) is 4.98. The van der Waals surface area contributed by atoms with E-state index in [0.717, 1.165) is 36.8 Å². The van der Waals surface area contributed by atoms with E-state index in [9.17, 15) is 0 Å². The Kier molecular flexibility index (Phi) is 1.77. The van der Waals surface area contributed by atoms with Crippen molar-refractivity contribution in [3.63, 3.8) is 0 Å². The van der Waals surface area contributed by atoms with Gasteiger partial charge in [-0.1, -0.05) is 0 Å². The molecule has 2 aromatic heterocycles. The molecule has 2 saturated heterocycles. The lowest BCUT2D eigenvalue weighted by molar-refractivity contribution is -0.0359. The zero-order valence-corrected chi connectivity index (χ0v) is 9.37. The van der Waals surface area contributed by atoms with Crippen LogP contribution in [0.2, 0.25) is 0 Å². The zero-order valence-electron chi connectivity index (χ0n) is 9.37. The number of fused-ring (bicyclic) bond motifs is 2. The molecule has 0 atom stereocenters. The fourth-order valence-electron chi connectivity index (χ4n) is 2.78. The normalized spacial score (nSPS) is 30.5. The molecule has 5 rings (SSSR count). The average Bonchev–Trinajstić information content (AvgIpc) is 3.00. The molecule has 17 heavy (non-hydrogen) atoms. The summed E-state index contributed by atoms with van der Waals surface area (Å²) in [5.41, 5.74) is 0.832. The van der Waals surface area contributed by atoms with Gasteiger partial charge in [0.05, 0.1) is 12.8 Å². The molecule has 3 aliphatic rings. The van der Waals surface area contributed by atoms with E-state index in [2.05, 4.69) is 10.1 Å². The highest BCUT2D eigenvalue weighted by molar-refractivity contribution is 5.39. The standard InChI is InChI=1S/C12H13N3O2/c1-2-11-13-8-14-15(11)5-10(1)16-7-12-3-9(4-12)6-17-12/h1-2,5,8-9H,3-4,6-7H2. The van der Waals surface area contributed by atoms with Crippen molar-refractivity contribution in [3.8, 4) is 5.75 Å². The summed E-state index contributed by atoms with van der Waals surface area (Å²) < 4.78 is 13.3. The van der Waals surface area contributed by atoms with E-state index >= 15 is 0 Å². The number of rotatable bonds is 3. The summed E-state index contributed by atoms with van der Waals surface area (Å²) in [4.78, 5) is 4.09. The maximum atomic E-state index is 5.79. The third-order valence-corrected chi connectivity index (χ3v) is 3.70. The van der Waals surface area contributed by atoms with Crippen molar-refractivity contribution in [1.82, 2.24) is 14.6 Å². The van der Waals surface area contributed by atoms with Gasteiger partial charge in [-0.2, -0.15) is 5.10 Å². The SMILES string of the molecule is c1nc2ccc(OCC34CC(CO3)C4)cn2n1. The number of ether oxygens (including phenoxy) is 2. The smallest absolute Gasteiger partial charge is 0.155 e. The Hall–Kier alpha value is -1.62. The van der Waals surface area contributed by atoms with Gasteiger partial charge in [-0.05, 0) is 30.9 Å². The monoisotopic (exact) mass is 231 g/mol. The second-order valence-electron chi connectivity index (χ2n) is 4.98. The summed E-state index contributed by atoms with van der Waals surface area (Å²) in [6.45, 7) is 1.55. The van der Waals surface area contributed by atoms with Crippen LogP contribution >= 0.6 is 0 Å². The highest BCUT2D eigenvalue weighted by Crippen LogP contribution is 2.48. The first-order chi connectivity index (χ1) is 8.33. The first-order valence-corrected chi connectivity index (χ1v) is 5.89. The minimum atomic E-state index is 0.00197. The number of hydrogen-bond acceptors (Lipinski definition) is 4. The van der Waals surface area contributed by atoms with Crippen LogP contribution in [-0.4, -0.2) is 33.4 Å². The fraction of sp³-hybridized carbons (Fsp3) is 0.500. The molecule has 4 heterocycles. The summed E-state index contributed by atoms with van der Waals surface area (Å²) in [5.74, 6) is 1.59. The molecule has 0 aromatic carbocycles. The van der Waals surface area contributed by atoms with E-state index in [1.165, 1.54) is 6.33 Å². The van der Waals surface area contributed by atoms with Crippen molar-refractivity contribution in [3.05, 3.63) is 24.7 Å². The summed E-state index contributed by atoms with van der Waals surface area (Å²) in [6.07, 6.45) is 5.69. The van der Waals surface area contributed by atoms with Gasteiger partial charge in [-0.3, -0.25) is 0 Å². The highest BCUT2D eigenvalue weighted by atomic mass is 16.6. The molecule has 0 amide bonds. The zero-order chi connectivity index (χ0) is 11.3. The van der Waals surface area contributed by atoms with Gasteiger partial charge in [0.25, 0.3) is 0 Å². The van der Waals surface area contributed by atoms with Crippen molar-refractivity contribution < 1.29 is 9.47 Å². The Morgan fingerprint density at radius 3 is 3.24 bits per heavy atom. The van der Waals surface area contributed by atoms with Gasteiger partial charge < -0.3 is 9.47 Å². The largest absolute Gasteiger partial charge is 0.489 e. The lowest BCUT2D eigenvalue weighted by atomic mass is 9.75. The molecule has 5 nitrogen and oxygen atoms in total. The topological polar surface area (TPSA) is 48.7 Å². The van der Waals surface area contributed by atoms with Crippen molar-refractivity contribution in [2.45, 2.75) is 18.4 Å². The van der Waals surface area contributed by atoms with Crippen LogP contribution in [0.5, 0.6) is 5.75 Å².